The van der Waals surface area contributed by atoms with Gasteiger partial charge >= 0.3 is 0 Å². The number of aliphatic hydroxyl groups excluding tert-OH is 1. The van der Waals surface area contributed by atoms with Crippen LogP contribution in [-0.4, -0.2) is 19.3 Å². The average molecular weight is 477 g/mol. The summed E-state index contributed by atoms with van der Waals surface area (Å²) in [5, 5.41) is 12.6. The van der Waals surface area contributed by atoms with E-state index in [0.717, 1.165) is 55.5 Å². The molecule has 0 fully saturated rings. The molecule has 0 saturated carbocycles. The molecule has 5 aromatic rings. The summed E-state index contributed by atoms with van der Waals surface area (Å²) in [5.74, 6) is 1.40. The molecule has 0 unspecified atom stereocenters. The lowest BCUT2D eigenvalue weighted by molar-refractivity contribution is -0.724. The number of aryl methyl sites for hydroxylation is 2. The van der Waals surface area contributed by atoms with Gasteiger partial charge in [0.05, 0.1) is 19.6 Å². The Bertz CT molecular complexity index is 1490. The van der Waals surface area contributed by atoms with Gasteiger partial charge in [0.1, 0.15) is 0 Å². The predicted octanol–water partition coefficient (Wildman–Crippen LogP) is 6.71. The predicted molar refractivity (Wildman–Crippen MR) is 145 cm³/mol. The van der Waals surface area contributed by atoms with E-state index in [1.807, 2.05) is 36.6 Å². The lowest BCUT2D eigenvalue weighted by Crippen LogP contribution is -2.40. The molecule has 4 heteroatoms. The Labute approximate surface area is 212 Å². The fourth-order valence-electron chi connectivity index (χ4n) is 5.13. The number of aliphatic hydroxyl groups is 1. The molecular formula is C32H30NO3+. The zero-order valence-electron chi connectivity index (χ0n) is 21.1. The minimum Gasteiger partial charge on any atom is -0.493 e. The fourth-order valence-corrected chi connectivity index (χ4v) is 5.13. The van der Waals surface area contributed by atoms with Crippen molar-refractivity contribution in [3.63, 3.8) is 0 Å². The van der Waals surface area contributed by atoms with E-state index in [2.05, 4.69) is 72.8 Å². The summed E-state index contributed by atoms with van der Waals surface area (Å²) in [6.45, 7) is 3.93. The first-order valence-corrected chi connectivity index (χ1v) is 12.0. The molecule has 0 radical (unpaired) electrons. The molecule has 36 heavy (non-hydrogen) atoms. The molecular weight excluding hydrogens is 446 g/mol. The van der Waals surface area contributed by atoms with E-state index >= 15 is 0 Å². The van der Waals surface area contributed by atoms with Crippen molar-refractivity contribution in [2.24, 2.45) is 0 Å². The van der Waals surface area contributed by atoms with Crippen molar-refractivity contribution >= 4 is 10.8 Å². The van der Waals surface area contributed by atoms with E-state index < -0.39 is 0 Å². The standard InChI is InChI=1S/C32H30NO3/c1-21-31-22(2)33(20-34)29(18-28(31)19-30(35-3)32(21)36-4)27-16-25(23-11-7-5-8-12-23)15-26(17-27)24-13-9-6-10-14-24/h5-19,34H,20H2,1-4H3/q+1. The molecule has 0 saturated heterocycles. The van der Waals surface area contributed by atoms with Crippen LogP contribution in [0.1, 0.15) is 11.3 Å². The number of aromatic nitrogens is 1. The molecule has 180 valence electrons. The first-order chi connectivity index (χ1) is 17.5. The number of methoxy groups -OCH3 is 2. The van der Waals surface area contributed by atoms with Crippen LogP contribution in [0.2, 0.25) is 0 Å². The molecule has 1 heterocycles. The van der Waals surface area contributed by atoms with Gasteiger partial charge in [0.25, 0.3) is 6.73 Å². The van der Waals surface area contributed by atoms with Gasteiger partial charge in [0.15, 0.2) is 17.2 Å². The monoisotopic (exact) mass is 476 g/mol. The van der Waals surface area contributed by atoms with Crippen molar-refractivity contribution < 1.29 is 19.1 Å². The first kappa shape index (κ1) is 23.6. The topological polar surface area (TPSA) is 42.6 Å². The number of fused-ring (bicyclic) bond motifs is 1. The number of hydrogen-bond donors (Lipinski definition) is 1. The van der Waals surface area contributed by atoms with Gasteiger partial charge < -0.3 is 14.6 Å². The maximum Gasteiger partial charge on any atom is 0.251 e. The highest BCUT2D eigenvalue weighted by atomic mass is 16.5. The van der Waals surface area contributed by atoms with Crippen molar-refractivity contribution in [3.8, 4) is 45.0 Å². The summed E-state index contributed by atoms with van der Waals surface area (Å²) in [6, 6.07) is 31.5. The van der Waals surface area contributed by atoms with Gasteiger partial charge in [0.2, 0.25) is 5.69 Å². The largest absolute Gasteiger partial charge is 0.493 e. The second-order valence-electron chi connectivity index (χ2n) is 8.92. The van der Waals surface area contributed by atoms with Crippen LogP contribution in [0.3, 0.4) is 0 Å². The van der Waals surface area contributed by atoms with Crippen molar-refractivity contribution in [3.05, 3.63) is 102 Å². The molecule has 0 aliphatic rings. The number of pyridine rings is 1. The van der Waals surface area contributed by atoms with Crippen molar-refractivity contribution in [2.75, 3.05) is 14.2 Å². The molecule has 0 aliphatic carbocycles. The van der Waals surface area contributed by atoms with E-state index in [1.54, 1.807) is 14.2 Å². The summed E-state index contributed by atoms with van der Waals surface area (Å²) >= 11 is 0. The molecule has 4 aromatic carbocycles. The second-order valence-corrected chi connectivity index (χ2v) is 8.92. The zero-order chi connectivity index (χ0) is 25.2. The number of rotatable bonds is 6. The van der Waals surface area contributed by atoms with Crippen LogP contribution in [-0.2, 0) is 6.73 Å². The quantitative estimate of drug-likeness (QED) is 0.277. The number of ether oxygens (including phenoxy) is 2. The number of benzene rings is 4. The summed E-state index contributed by atoms with van der Waals surface area (Å²) in [4.78, 5) is 0. The van der Waals surface area contributed by atoms with Crippen molar-refractivity contribution in [2.45, 2.75) is 20.6 Å². The lowest BCUT2D eigenvalue weighted by Gasteiger charge is -2.16. The normalized spacial score (nSPS) is 11.0. The maximum atomic E-state index is 10.5. The Kier molecular flexibility index (Phi) is 6.45. The second kappa shape index (κ2) is 9.84. The van der Waals surface area contributed by atoms with Gasteiger partial charge in [-0.3, -0.25) is 0 Å². The van der Waals surface area contributed by atoms with Crippen LogP contribution in [0.25, 0.3) is 44.3 Å². The summed E-state index contributed by atoms with van der Waals surface area (Å²) < 4.78 is 13.2. The third-order valence-corrected chi connectivity index (χ3v) is 6.87. The van der Waals surface area contributed by atoms with Gasteiger partial charge in [-0.25, -0.2) is 0 Å². The van der Waals surface area contributed by atoms with Gasteiger partial charge in [0, 0.05) is 24.1 Å². The van der Waals surface area contributed by atoms with E-state index in [0.29, 0.717) is 11.5 Å². The van der Waals surface area contributed by atoms with Gasteiger partial charge in [-0.2, -0.15) is 4.57 Å². The lowest BCUT2D eigenvalue weighted by atomic mass is 9.93. The Morgan fingerprint density at radius 2 is 1.22 bits per heavy atom. The van der Waals surface area contributed by atoms with Gasteiger partial charge in [-0.15, -0.1) is 0 Å². The maximum absolute atomic E-state index is 10.5. The average Bonchev–Trinajstić information content (AvgIpc) is 2.93. The molecule has 0 amide bonds. The van der Waals surface area contributed by atoms with E-state index in [-0.39, 0.29) is 6.73 Å². The van der Waals surface area contributed by atoms with Crippen molar-refractivity contribution in [1.82, 2.24) is 0 Å². The van der Waals surface area contributed by atoms with Crippen molar-refractivity contribution in [1.29, 1.82) is 0 Å². The van der Waals surface area contributed by atoms with E-state index in [1.165, 1.54) is 0 Å². The SMILES string of the molecule is COc1cc2cc(-c3cc(-c4ccccc4)cc(-c4ccccc4)c3)[n+](CO)c(C)c2c(C)c1OC. The highest BCUT2D eigenvalue weighted by Crippen LogP contribution is 2.39. The van der Waals surface area contributed by atoms with Crippen LogP contribution < -0.4 is 14.0 Å². The first-order valence-electron chi connectivity index (χ1n) is 12.0. The van der Waals surface area contributed by atoms with Crippen LogP contribution in [0.5, 0.6) is 11.5 Å². The molecule has 0 bridgehead atoms. The highest BCUT2D eigenvalue weighted by Gasteiger charge is 2.24. The minimum atomic E-state index is -0.138. The fraction of sp³-hybridized carbons (Fsp3) is 0.156. The summed E-state index contributed by atoms with van der Waals surface area (Å²) in [7, 11) is 3.31. The molecule has 4 nitrogen and oxygen atoms in total. The third-order valence-electron chi connectivity index (χ3n) is 6.87. The zero-order valence-corrected chi connectivity index (χ0v) is 21.1. The Balaban J connectivity index is 1.82. The van der Waals surface area contributed by atoms with Crippen LogP contribution in [0, 0.1) is 13.8 Å². The third kappa shape index (κ3) is 4.10. The van der Waals surface area contributed by atoms with Crippen LogP contribution in [0.4, 0.5) is 0 Å². The van der Waals surface area contributed by atoms with Crippen LogP contribution in [0.15, 0.2) is 91.0 Å². The summed E-state index contributed by atoms with van der Waals surface area (Å²) in [5.41, 5.74) is 8.45. The van der Waals surface area contributed by atoms with Crippen LogP contribution >= 0.6 is 0 Å². The van der Waals surface area contributed by atoms with Gasteiger partial charge in [-0.05, 0) is 58.8 Å². The minimum absolute atomic E-state index is 0.138. The summed E-state index contributed by atoms with van der Waals surface area (Å²) in [6.07, 6.45) is 0. The van der Waals surface area contributed by atoms with E-state index in [9.17, 15) is 5.11 Å². The molecule has 5 rings (SSSR count). The molecule has 0 aliphatic heterocycles. The number of nitrogens with zero attached hydrogens (tertiary/aromatic N) is 1. The Morgan fingerprint density at radius 1 is 0.667 bits per heavy atom. The van der Waals surface area contributed by atoms with E-state index in [4.69, 9.17) is 9.47 Å². The highest BCUT2D eigenvalue weighted by molar-refractivity contribution is 5.93. The Morgan fingerprint density at radius 3 is 1.72 bits per heavy atom. The Hall–Kier alpha value is -4.15. The molecule has 1 N–H and O–H groups in total. The molecule has 1 aromatic heterocycles. The smallest absolute Gasteiger partial charge is 0.251 e. The number of hydrogen-bond acceptors (Lipinski definition) is 3. The van der Waals surface area contributed by atoms with Gasteiger partial charge in [-0.1, -0.05) is 60.7 Å². The molecule has 0 atom stereocenters. The molecule has 0 spiro atoms.